The summed E-state index contributed by atoms with van der Waals surface area (Å²) in [7, 11) is 0. The second-order valence-corrected chi connectivity index (χ2v) is 3.87. The van der Waals surface area contributed by atoms with Crippen molar-refractivity contribution >= 4 is 5.97 Å². The second-order valence-electron chi connectivity index (χ2n) is 3.87. The minimum atomic E-state index is -0.567. The Bertz CT molecular complexity index is 366. The van der Waals surface area contributed by atoms with Crippen molar-refractivity contribution in [1.29, 1.82) is 0 Å². The SMILES string of the molecule is CCOC(=O)C(c1ccncc1F)C(C)C. The monoisotopic (exact) mass is 225 g/mol. The van der Waals surface area contributed by atoms with E-state index >= 15 is 0 Å². The van der Waals surface area contributed by atoms with Gasteiger partial charge in [0.15, 0.2) is 0 Å². The predicted molar refractivity (Wildman–Crippen MR) is 58.4 cm³/mol. The topological polar surface area (TPSA) is 39.2 Å². The van der Waals surface area contributed by atoms with Crippen LogP contribution < -0.4 is 0 Å². The van der Waals surface area contributed by atoms with Crippen LogP contribution in [0, 0.1) is 11.7 Å². The van der Waals surface area contributed by atoms with Crippen molar-refractivity contribution in [3.63, 3.8) is 0 Å². The fourth-order valence-corrected chi connectivity index (χ4v) is 1.63. The van der Waals surface area contributed by atoms with Crippen LogP contribution in [0.25, 0.3) is 0 Å². The lowest BCUT2D eigenvalue weighted by Crippen LogP contribution is -2.22. The zero-order valence-corrected chi connectivity index (χ0v) is 9.74. The Morgan fingerprint density at radius 2 is 2.25 bits per heavy atom. The van der Waals surface area contributed by atoms with Crippen LogP contribution in [0.5, 0.6) is 0 Å². The van der Waals surface area contributed by atoms with Gasteiger partial charge in [0.05, 0.1) is 18.7 Å². The molecule has 0 fully saturated rings. The van der Waals surface area contributed by atoms with E-state index in [0.717, 1.165) is 6.20 Å². The number of carbonyl (C=O) groups is 1. The molecular weight excluding hydrogens is 209 g/mol. The van der Waals surface area contributed by atoms with Crippen LogP contribution in [-0.2, 0) is 9.53 Å². The predicted octanol–water partition coefficient (Wildman–Crippen LogP) is 2.52. The summed E-state index contributed by atoms with van der Waals surface area (Å²) in [5.41, 5.74) is 0.350. The smallest absolute Gasteiger partial charge is 0.313 e. The lowest BCUT2D eigenvalue weighted by Gasteiger charge is -2.19. The van der Waals surface area contributed by atoms with E-state index in [1.54, 1.807) is 6.92 Å². The van der Waals surface area contributed by atoms with Crippen LogP contribution >= 0.6 is 0 Å². The minimum Gasteiger partial charge on any atom is -0.466 e. The van der Waals surface area contributed by atoms with Gasteiger partial charge in [-0.3, -0.25) is 9.78 Å². The van der Waals surface area contributed by atoms with Crippen LogP contribution in [0.3, 0.4) is 0 Å². The number of ether oxygens (including phenoxy) is 1. The standard InChI is InChI=1S/C12H16FNO2/c1-4-16-12(15)11(8(2)3)9-5-6-14-7-10(9)13/h5-8,11H,4H2,1-3H3. The molecule has 0 aromatic carbocycles. The highest BCUT2D eigenvalue weighted by Crippen LogP contribution is 2.27. The first-order valence-corrected chi connectivity index (χ1v) is 5.34. The van der Waals surface area contributed by atoms with Crippen LogP contribution in [0.2, 0.25) is 0 Å². The van der Waals surface area contributed by atoms with E-state index in [9.17, 15) is 9.18 Å². The van der Waals surface area contributed by atoms with Gasteiger partial charge in [-0.05, 0) is 18.9 Å². The molecule has 0 radical (unpaired) electrons. The molecule has 0 saturated heterocycles. The van der Waals surface area contributed by atoms with Crippen LogP contribution in [0.1, 0.15) is 32.3 Å². The highest BCUT2D eigenvalue weighted by Gasteiger charge is 2.27. The Morgan fingerprint density at radius 1 is 1.56 bits per heavy atom. The maximum absolute atomic E-state index is 13.5. The van der Waals surface area contributed by atoms with Crippen LogP contribution in [-0.4, -0.2) is 17.6 Å². The van der Waals surface area contributed by atoms with Gasteiger partial charge < -0.3 is 4.74 Å². The van der Waals surface area contributed by atoms with Gasteiger partial charge in [-0.2, -0.15) is 0 Å². The summed E-state index contributed by atoms with van der Waals surface area (Å²) < 4.78 is 18.5. The van der Waals surface area contributed by atoms with Crippen molar-refractivity contribution in [2.24, 2.45) is 5.92 Å². The molecule has 0 N–H and O–H groups in total. The number of nitrogens with zero attached hydrogens (tertiary/aromatic N) is 1. The van der Waals surface area contributed by atoms with Gasteiger partial charge in [0.1, 0.15) is 5.82 Å². The van der Waals surface area contributed by atoms with Gasteiger partial charge >= 0.3 is 5.97 Å². The van der Waals surface area contributed by atoms with Crippen LogP contribution in [0.4, 0.5) is 4.39 Å². The van der Waals surface area contributed by atoms with Crippen molar-refractivity contribution in [3.05, 3.63) is 29.8 Å². The summed E-state index contributed by atoms with van der Waals surface area (Å²) >= 11 is 0. The molecule has 0 bridgehead atoms. The normalized spacial score (nSPS) is 12.6. The molecule has 3 nitrogen and oxygen atoms in total. The Balaban J connectivity index is 3.03. The molecule has 1 unspecified atom stereocenters. The zero-order valence-electron chi connectivity index (χ0n) is 9.74. The Hall–Kier alpha value is -1.45. The number of hydrogen-bond acceptors (Lipinski definition) is 3. The summed E-state index contributed by atoms with van der Waals surface area (Å²) in [5, 5.41) is 0. The fourth-order valence-electron chi connectivity index (χ4n) is 1.63. The largest absolute Gasteiger partial charge is 0.466 e. The summed E-state index contributed by atoms with van der Waals surface area (Å²) in [4.78, 5) is 15.4. The number of hydrogen-bond donors (Lipinski definition) is 0. The van der Waals surface area contributed by atoms with Gasteiger partial charge in [0, 0.05) is 11.8 Å². The molecule has 16 heavy (non-hydrogen) atoms. The molecular formula is C12H16FNO2. The van der Waals surface area contributed by atoms with Crippen LogP contribution in [0.15, 0.2) is 18.5 Å². The maximum Gasteiger partial charge on any atom is 0.313 e. The first-order chi connectivity index (χ1) is 7.57. The van der Waals surface area contributed by atoms with E-state index in [4.69, 9.17) is 4.74 Å². The van der Waals surface area contributed by atoms with E-state index in [1.807, 2.05) is 13.8 Å². The minimum absolute atomic E-state index is 0.0176. The lowest BCUT2D eigenvalue weighted by atomic mass is 9.89. The summed E-state index contributed by atoms with van der Waals surface area (Å²) in [6.45, 7) is 5.76. The van der Waals surface area contributed by atoms with Gasteiger partial charge in [-0.1, -0.05) is 13.8 Å². The highest BCUT2D eigenvalue weighted by atomic mass is 19.1. The Morgan fingerprint density at radius 3 is 2.75 bits per heavy atom. The molecule has 1 atom stereocenters. The first-order valence-electron chi connectivity index (χ1n) is 5.34. The first kappa shape index (κ1) is 12.6. The summed E-state index contributed by atoms with van der Waals surface area (Å²) in [5.74, 6) is -1.43. The third-order valence-electron chi connectivity index (χ3n) is 2.35. The van der Waals surface area contributed by atoms with Gasteiger partial charge in [0.25, 0.3) is 0 Å². The van der Waals surface area contributed by atoms with Gasteiger partial charge in [-0.15, -0.1) is 0 Å². The average Bonchev–Trinajstić information content (AvgIpc) is 2.21. The van der Waals surface area contributed by atoms with Crippen molar-refractivity contribution < 1.29 is 13.9 Å². The third-order valence-corrected chi connectivity index (χ3v) is 2.35. The Labute approximate surface area is 94.6 Å². The molecule has 0 aliphatic carbocycles. The van der Waals surface area contributed by atoms with E-state index in [1.165, 1.54) is 12.3 Å². The third kappa shape index (κ3) is 2.78. The van der Waals surface area contributed by atoms with Gasteiger partial charge in [0.2, 0.25) is 0 Å². The molecule has 4 heteroatoms. The number of esters is 1. The molecule has 0 aliphatic heterocycles. The van der Waals surface area contributed by atoms with Gasteiger partial charge in [-0.25, -0.2) is 4.39 Å². The average molecular weight is 225 g/mol. The summed E-state index contributed by atoms with van der Waals surface area (Å²) in [6, 6.07) is 1.52. The molecule has 1 rings (SSSR count). The molecule has 0 amide bonds. The molecule has 0 spiro atoms. The fraction of sp³-hybridized carbons (Fsp3) is 0.500. The lowest BCUT2D eigenvalue weighted by molar-refractivity contribution is -0.146. The number of aromatic nitrogens is 1. The molecule has 0 aliphatic rings. The number of rotatable bonds is 4. The maximum atomic E-state index is 13.5. The van der Waals surface area contributed by atoms with E-state index in [2.05, 4.69) is 4.98 Å². The number of pyridine rings is 1. The molecule has 1 aromatic heterocycles. The molecule has 88 valence electrons. The van der Waals surface area contributed by atoms with Crippen molar-refractivity contribution in [3.8, 4) is 0 Å². The second kappa shape index (κ2) is 5.58. The summed E-state index contributed by atoms with van der Waals surface area (Å²) in [6.07, 6.45) is 2.59. The Kier molecular flexibility index (Phi) is 4.40. The van der Waals surface area contributed by atoms with Crippen molar-refractivity contribution in [2.45, 2.75) is 26.7 Å². The van der Waals surface area contributed by atoms with E-state index < -0.39 is 11.7 Å². The zero-order chi connectivity index (χ0) is 12.1. The molecule has 1 heterocycles. The molecule has 1 aromatic rings. The molecule has 0 saturated carbocycles. The van der Waals surface area contributed by atoms with Crippen molar-refractivity contribution in [2.75, 3.05) is 6.61 Å². The quantitative estimate of drug-likeness (QED) is 0.739. The highest BCUT2D eigenvalue weighted by molar-refractivity contribution is 5.78. The number of carbonyl (C=O) groups excluding carboxylic acids is 1. The number of halogens is 1. The van der Waals surface area contributed by atoms with Crippen molar-refractivity contribution in [1.82, 2.24) is 4.98 Å². The van der Waals surface area contributed by atoms with E-state index in [-0.39, 0.29) is 11.9 Å². The van der Waals surface area contributed by atoms with E-state index in [0.29, 0.717) is 12.2 Å².